The molecule has 3 aromatic rings. The zero-order valence-electron chi connectivity index (χ0n) is 11.5. The van der Waals surface area contributed by atoms with Gasteiger partial charge in [0, 0.05) is 35.2 Å². The Hall–Kier alpha value is -2.09. The summed E-state index contributed by atoms with van der Waals surface area (Å²) in [5, 5.41) is 1.34. The molecule has 0 amide bonds. The molecule has 3 rings (SSSR count). The maximum absolute atomic E-state index is 3.36. The average molecular weight is 251 g/mol. The van der Waals surface area contributed by atoms with E-state index in [0.29, 0.717) is 0 Å². The predicted molar refractivity (Wildman–Crippen MR) is 78.2 cm³/mol. The molecule has 0 radical (unpaired) electrons. The van der Waals surface area contributed by atoms with Crippen LogP contribution in [0.5, 0.6) is 0 Å². The Morgan fingerprint density at radius 3 is 2.95 bits per heavy atom. The highest BCUT2D eigenvalue weighted by Gasteiger charge is 2.07. The van der Waals surface area contributed by atoms with E-state index >= 15 is 0 Å². The highest BCUT2D eigenvalue weighted by Crippen LogP contribution is 2.21. The maximum atomic E-state index is 3.36. The Morgan fingerprint density at radius 1 is 1.21 bits per heavy atom. The van der Waals surface area contributed by atoms with Crippen molar-refractivity contribution in [1.29, 1.82) is 0 Å². The van der Waals surface area contributed by atoms with Crippen molar-refractivity contribution in [1.82, 2.24) is 4.98 Å². The van der Waals surface area contributed by atoms with E-state index in [4.69, 9.17) is 0 Å². The van der Waals surface area contributed by atoms with Gasteiger partial charge < -0.3 is 4.98 Å². The first kappa shape index (κ1) is 12.0. The lowest BCUT2D eigenvalue weighted by Crippen LogP contribution is -2.31. The monoisotopic (exact) mass is 251 g/mol. The number of fused-ring (bicyclic) bond motifs is 1. The molecule has 0 saturated carbocycles. The third-order valence-electron chi connectivity index (χ3n) is 3.60. The molecule has 0 fully saturated rings. The Kier molecular flexibility index (Phi) is 3.08. The van der Waals surface area contributed by atoms with Crippen LogP contribution in [0.1, 0.15) is 23.6 Å². The summed E-state index contributed by atoms with van der Waals surface area (Å²) < 4.78 is 2.22. The Labute approximate surface area is 113 Å². The van der Waals surface area contributed by atoms with Crippen molar-refractivity contribution in [2.45, 2.75) is 26.8 Å². The molecule has 0 aliphatic heterocycles. The first-order valence-electron chi connectivity index (χ1n) is 6.81. The molecule has 1 N–H and O–H groups in total. The molecule has 0 bridgehead atoms. The fourth-order valence-electron chi connectivity index (χ4n) is 2.54. The smallest absolute Gasteiger partial charge is 0.172 e. The first-order valence-corrected chi connectivity index (χ1v) is 6.81. The molecule has 2 heterocycles. The number of H-pyrrole nitrogens is 1. The van der Waals surface area contributed by atoms with Crippen molar-refractivity contribution >= 4 is 10.9 Å². The number of aromatic nitrogens is 2. The molecular formula is C17H19N2+. The molecule has 0 spiro atoms. The quantitative estimate of drug-likeness (QED) is 0.689. The summed E-state index contributed by atoms with van der Waals surface area (Å²) in [6, 6.07) is 10.9. The van der Waals surface area contributed by atoms with Crippen molar-refractivity contribution < 1.29 is 4.57 Å². The highest BCUT2D eigenvalue weighted by atomic mass is 14.9. The van der Waals surface area contributed by atoms with Gasteiger partial charge in [-0.15, -0.1) is 0 Å². The minimum Gasteiger partial charge on any atom is -0.361 e. The molecule has 96 valence electrons. The molecule has 2 aromatic heterocycles. The van der Waals surface area contributed by atoms with E-state index in [1.54, 1.807) is 0 Å². The van der Waals surface area contributed by atoms with Gasteiger partial charge in [-0.25, -0.2) is 4.57 Å². The van der Waals surface area contributed by atoms with Gasteiger partial charge in [0.05, 0.1) is 0 Å². The lowest BCUT2D eigenvalue weighted by molar-refractivity contribution is -0.693. The van der Waals surface area contributed by atoms with E-state index in [-0.39, 0.29) is 0 Å². The fraction of sp³-hybridized carbons (Fsp3) is 0.235. The van der Waals surface area contributed by atoms with Crippen LogP contribution in [-0.2, 0) is 13.0 Å². The van der Waals surface area contributed by atoms with E-state index in [2.05, 4.69) is 72.3 Å². The van der Waals surface area contributed by atoms with Gasteiger partial charge in [0.25, 0.3) is 0 Å². The van der Waals surface area contributed by atoms with Gasteiger partial charge in [0.2, 0.25) is 0 Å². The van der Waals surface area contributed by atoms with Crippen LogP contribution in [0.3, 0.4) is 0 Å². The van der Waals surface area contributed by atoms with Gasteiger partial charge in [0.15, 0.2) is 12.4 Å². The summed E-state index contributed by atoms with van der Waals surface area (Å²) in [7, 11) is 0. The Bertz CT molecular complexity index is 710. The van der Waals surface area contributed by atoms with Gasteiger partial charge in [-0.2, -0.15) is 0 Å². The standard InChI is InChI=1S/C17H19N2/c1-3-19-8-4-5-14(12-19)10-15-11-18-17-7-6-13(2)9-16(15)17/h4-9,11-12,18H,3,10H2,1-2H3/q+1. The molecule has 19 heavy (non-hydrogen) atoms. The summed E-state index contributed by atoms with van der Waals surface area (Å²) in [5.41, 5.74) is 5.25. The van der Waals surface area contributed by atoms with E-state index in [1.807, 2.05) is 0 Å². The molecule has 0 unspecified atom stereocenters. The first-order chi connectivity index (χ1) is 9.26. The zero-order valence-corrected chi connectivity index (χ0v) is 11.5. The molecule has 1 aromatic carbocycles. The number of benzene rings is 1. The van der Waals surface area contributed by atoms with E-state index in [0.717, 1.165) is 13.0 Å². The lowest BCUT2D eigenvalue weighted by atomic mass is 10.0. The molecule has 0 atom stereocenters. The van der Waals surface area contributed by atoms with Crippen LogP contribution in [-0.4, -0.2) is 4.98 Å². The van der Waals surface area contributed by atoms with Crippen LogP contribution in [0.25, 0.3) is 10.9 Å². The van der Waals surface area contributed by atoms with Crippen LogP contribution in [0, 0.1) is 6.92 Å². The van der Waals surface area contributed by atoms with Crippen molar-refractivity contribution in [2.24, 2.45) is 0 Å². The molecule has 2 heteroatoms. The number of aromatic amines is 1. The Balaban J connectivity index is 1.98. The number of pyridine rings is 1. The number of hydrogen-bond donors (Lipinski definition) is 1. The van der Waals surface area contributed by atoms with Crippen LogP contribution in [0.15, 0.2) is 48.9 Å². The lowest BCUT2D eigenvalue weighted by Gasteiger charge is -2.00. The highest BCUT2D eigenvalue weighted by molar-refractivity contribution is 5.84. The second-order valence-corrected chi connectivity index (χ2v) is 5.08. The summed E-state index contributed by atoms with van der Waals surface area (Å²) in [6.45, 7) is 5.32. The average Bonchev–Trinajstić information content (AvgIpc) is 2.81. The predicted octanol–water partition coefficient (Wildman–Crippen LogP) is 3.37. The second kappa shape index (κ2) is 4.88. The van der Waals surface area contributed by atoms with Gasteiger partial charge in [0.1, 0.15) is 6.54 Å². The summed E-state index contributed by atoms with van der Waals surface area (Å²) >= 11 is 0. The van der Waals surface area contributed by atoms with Gasteiger partial charge in [-0.3, -0.25) is 0 Å². The van der Waals surface area contributed by atoms with Crippen LogP contribution in [0.4, 0.5) is 0 Å². The SMILES string of the molecule is CC[n+]1cccc(Cc2c[nH]c3ccc(C)cc23)c1. The topological polar surface area (TPSA) is 19.7 Å². The van der Waals surface area contributed by atoms with Gasteiger partial charge in [-0.05, 0) is 37.6 Å². The Morgan fingerprint density at radius 2 is 2.11 bits per heavy atom. The zero-order chi connectivity index (χ0) is 13.2. The minimum absolute atomic E-state index is 0.976. The third kappa shape index (κ3) is 2.39. The van der Waals surface area contributed by atoms with E-state index < -0.39 is 0 Å². The van der Waals surface area contributed by atoms with Crippen LogP contribution in [0.2, 0.25) is 0 Å². The third-order valence-corrected chi connectivity index (χ3v) is 3.60. The van der Waals surface area contributed by atoms with Crippen LogP contribution >= 0.6 is 0 Å². The fourth-order valence-corrected chi connectivity index (χ4v) is 2.54. The summed E-state index contributed by atoms with van der Waals surface area (Å²) in [4.78, 5) is 3.36. The number of hydrogen-bond acceptors (Lipinski definition) is 0. The number of nitrogens with zero attached hydrogens (tertiary/aromatic N) is 1. The summed E-state index contributed by atoms with van der Waals surface area (Å²) in [6.07, 6.45) is 7.45. The van der Waals surface area contributed by atoms with Crippen molar-refractivity contribution in [3.05, 3.63) is 65.6 Å². The normalized spacial score (nSPS) is 11.1. The number of rotatable bonds is 3. The van der Waals surface area contributed by atoms with E-state index in [1.165, 1.54) is 27.6 Å². The van der Waals surface area contributed by atoms with Crippen molar-refractivity contribution in [3.63, 3.8) is 0 Å². The summed E-state index contributed by atoms with van der Waals surface area (Å²) in [5.74, 6) is 0. The van der Waals surface area contributed by atoms with Gasteiger partial charge in [-0.1, -0.05) is 11.6 Å². The minimum atomic E-state index is 0.976. The van der Waals surface area contributed by atoms with E-state index in [9.17, 15) is 0 Å². The molecule has 2 nitrogen and oxygen atoms in total. The second-order valence-electron chi connectivity index (χ2n) is 5.08. The van der Waals surface area contributed by atoms with Crippen molar-refractivity contribution in [2.75, 3.05) is 0 Å². The van der Waals surface area contributed by atoms with Crippen LogP contribution < -0.4 is 4.57 Å². The number of aryl methyl sites for hydroxylation is 2. The number of nitrogens with one attached hydrogen (secondary N) is 1. The molecular weight excluding hydrogens is 232 g/mol. The molecule has 0 saturated heterocycles. The molecule has 0 aliphatic carbocycles. The maximum Gasteiger partial charge on any atom is 0.172 e. The van der Waals surface area contributed by atoms with Gasteiger partial charge >= 0.3 is 0 Å². The van der Waals surface area contributed by atoms with Crippen molar-refractivity contribution in [3.8, 4) is 0 Å². The largest absolute Gasteiger partial charge is 0.361 e. The molecule has 0 aliphatic rings.